The van der Waals surface area contributed by atoms with Crippen LogP contribution in [0.25, 0.3) is 81.7 Å². The predicted molar refractivity (Wildman–Crippen MR) is 191 cm³/mol. The molecule has 0 saturated carbocycles. The van der Waals surface area contributed by atoms with Gasteiger partial charge in [-0.15, -0.1) is 0 Å². The van der Waals surface area contributed by atoms with Crippen LogP contribution in [0.3, 0.4) is 0 Å². The van der Waals surface area contributed by atoms with Gasteiger partial charge in [0.15, 0.2) is 0 Å². The molecule has 206 valence electrons. The van der Waals surface area contributed by atoms with Gasteiger partial charge in [0.05, 0.1) is 0 Å². The quantitative estimate of drug-likeness (QED) is 0.149. The summed E-state index contributed by atoms with van der Waals surface area (Å²) in [6.45, 7) is 0. The van der Waals surface area contributed by atoms with Crippen LogP contribution >= 0.6 is 0 Å². The summed E-state index contributed by atoms with van der Waals surface area (Å²) in [5.41, 5.74) is 7.74. The van der Waals surface area contributed by atoms with E-state index in [-0.39, 0.29) is 0 Å². The highest BCUT2D eigenvalue weighted by Crippen LogP contribution is 2.44. The van der Waals surface area contributed by atoms with Crippen molar-refractivity contribution in [3.05, 3.63) is 163 Å². The molecular weight excluding hydrogens is 528 g/mol. The monoisotopic (exact) mass is 558 g/mol. The first-order chi connectivity index (χ1) is 21.8. The molecule has 0 nitrogen and oxygen atoms in total. The molecule has 9 rings (SSSR count). The van der Waals surface area contributed by atoms with E-state index in [9.17, 15) is 0 Å². The van der Waals surface area contributed by atoms with Gasteiger partial charge in [-0.1, -0.05) is 140 Å². The molecule has 8 aromatic carbocycles. The number of benzene rings is 8. The molecule has 0 aromatic heterocycles. The third-order valence-corrected chi connectivity index (χ3v) is 9.42. The first-order valence-electron chi connectivity index (χ1n) is 15.6. The van der Waals surface area contributed by atoms with Crippen LogP contribution in [0, 0.1) is 0 Å². The van der Waals surface area contributed by atoms with Crippen molar-refractivity contribution in [1.29, 1.82) is 0 Å². The lowest BCUT2D eigenvalue weighted by atomic mass is 9.84. The molecule has 1 aliphatic rings. The third kappa shape index (κ3) is 3.92. The lowest BCUT2D eigenvalue weighted by molar-refractivity contribution is 1.04. The second kappa shape index (κ2) is 10.1. The Hall–Kier alpha value is -5.46. The molecule has 0 fully saturated rings. The summed E-state index contributed by atoms with van der Waals surface area (Å²) in [7, 11) is 0. The number of hydrogen-bond donors (Lipinski definition) is 0. The van der Waals surface area contributed by atoms with Gasteiger partial charge in [0, 0.05) is 0 Å². The van der Waals surface area contributed by atoms with E-state index in [1.807, 2.05) is 0 Å². The third-order valence-electron chi connectivity index (χ3n) is 9.42. The van der Waals surface area contributed by atoms with Crippen LogP contribution < -0.4 is 0 Å². The van der Waals surface area contributed by atoms with Crippen LogP contribution in [0.1, 0.15) is 18.4 Å². The summed E-state index contributed by atoms with van der Waals surface area (Å²) in [5, 5.41) is 13.0. The molecule has 0 unspecified atom stereocenters. The Kier molecular flexibility index (Phi) is 5.74. The highest BCUT2D eigenvalue weighted by molar-refractivity contribution is 6.20. The predicted octanol–water partition coefficient (Wildman–Crippen LogP) is 12.5. The van der Waals surface area contributed by atoms with E-state index >= 15 is 0 Å². The van der Waals surface area contributed by atoms with Crippen LogP contribution in [0.4, 0.5) is 0 Å². The molecule has 0 amide bonds. The fourth-order valence-electron chi connectivity index (χ4n) is 7.42. The molecule has 44 heavy (non-hydrogen) atoms. The van der Waals surface area contributed by atoms with Gasteiger partial charge in [-0.2, -0.15) is 0 Å². The topological polar surface area (TPSA) is 0 Å². The Labute approximate surface area is 257 Å². The minimum atomic E-state index is 1.09. The maximum atomic E-state index is 2.40. The Morgan fingerprint density at radius 1 is 0.364 bits per heavy atom. The molecule has 8 aromatic rings. The second-order valence-electron chi connectivity index (χ2n) is 11.9. The summed E-state index contributed by atoms with van der Waals surface area (Å²) >= 11 is 0. The van der Waals surface area contributed by atoms with E-state index in [1.54, 1.807) is 0 Å². The fourth-order valence-corrected chi connectivity index (χ4v) is 7.42. The molecule has 1 aliphatic carbocycles. The maximum Gasteiger partial charge on any atom is -0.00262 e. The van der Waals surface area contributed by atoms with Crippen LogP contribution in [0.2, 0.25) is 0 Å². The molecule has 0 N–H and O–H groups in total. The van der Waals surface area contributed by atoms with E-state index < -0.39 is 0 Å². The Morgan fingerprint density at radius 3 is 1.73 bits per heavy atom. The lowest BCUT2D eigenvalue weighted by Gasteiger charge is -2.19. The zero-order valence-electron chi connectivity index (χ0n) is 24.4. The molecule has 0 heteroatoms. The van der Waals surface area contributed by atoms with Gasteiger partial charge in [-0.25, -0.2) is 0 Å². The van der Waals surface area contributed by atoms with Gasteiger partial charge in [0.1, 0.15) is 0 Å². The average Bonchev–Trinajstić information content (AvgIpc) is 3.09. The van der Waals surface area contributed by atoms with Crippen molar-refractivity contribution in [3.8, 4) is 22.3 Å². The van der Waals surface area contributed by atoms with Crippen molar-refractivity contribution in [2.45, 2.75) is 12.8 Å². The normalized spacial score (nSPS) is 13.3. The number of hydrogen-bond acceptors (Lipinski definition) is 0. The first kappa shape index (κ1) is 25.1. The minimum absolute atomic E-state index is 1.09. The molecular formula is C44H30. The number of fused-ring (bicyclic) bond motifs is 6. The summed E-state index contributed by atoms with van der Waals surface area (Å²) < 4.78 is 0. The largest absolute Gasteiger partial charge is 0.0836 e. The summed E-state index contributed by atoms with van der Waals surface area (Å²) in [5.74, 6) is 0. The van der Waals surface area contributed by atoms with Crippen molar-refractivity contribution in [2.24, 2.45) is 0 Å². The zero-order valence-corrected chi connectivity index (χ0v) is 24.4. The highest BCUT2D eigenvalue weighted by atomic mass is 14.2. The van der Waals surface area contributed by atoms with Gasteiger partial charge in [-0.3, -0.25) is 0 Å². The zero-order chi connectivity index (χ0) is 29.0. The molecule has 0 aliphatic heterocycles. The van der Waals surface area contributed by atoms with E-state index in [2.05, 4.69) is 158 Å². The van der Waals surface area contributed by atoms with Crippen molar-refractivity contribution in [1.82, 2.24) is 0 Å². The summed E-state index contributed by atoms with van der Waals surface area (Å²) in [6, 6.07) is 51.7. The second-order valence-corrected chi connectivity index (χ2v) is 11.9. The number of rotatable bonds is 3. The molecule has 0 bridgehead atoms. The Morgan fingerprint density at radius 2 is 1.00 bits per heavy atom. The molecule has 0 atom stereocenters. The lowest BCUT2D eigenvalue weighted by Crippen LogP contribution is -1.94. The van der Waals surface area contributed by atoms with Crippen molar-refractivity contribution in [3.63, 3.8) is 0 Å². The van der Waals surface area contributed by atoms with E-state index in [0.29, 0.717) is 0 Å². The van der Waals surface area contributed by atoms with Crippen LogP contribution in [0.5, 0.6) is 0 Å². The fraction of sp³-hybridized carbons (Fsp3) is 0.0455. The van der Waals surface area contributed by atoms with E-state index in [1.165, 1.54) is 87.3 Å². The molecule has 0 saturated heterocycles. The smallest absolute Gasteiger partial charge is 0.00262 e. The van der Waals surface area contributed by atoms with E-state index in [4.69, 9.17) is 0 Å². The maximum absolute atomic E-state index is 2.40. The average molecular weight is 559 g/mol. The Bertz CT molecular complexity index is 2430. The van der Waals surface area contributed by atoms with Gasteiger partial charge in [0.2, 0.25) is 0 Å². The van der Waals surface area contributed by atoms with Gasteiger partial charge in [0.25, 0.3) is 0 Å². The van der Waals surface area contributed by atoms with Crippen LogP contribution in [-0.2, 0) is 0 Å². The van der Waals surface area contributed by atoms with Crippen LogP contribution in [-0.4, -0.2) is 0 Å². The van der Waals surface area contributed by atoms with Crippen molar-refractivity contribution >= 4 is 59.4 Å². The summed E-state index contributed by atoms with van der Waals surface area (Å²) in [4.78, 5) is 0. The Balaban J connectivity index is 1.28. The van der Waals surface area contributed by atoms with Crippen LogP contribution in [0.15, 0.2) is 158 Å². The molecule has 0 radical (unpaired) electrons. The molecule has 0 heterocycles. The number of allylic oxidation sites excluding steroid dienone is 4. The SMILES string of the molecule is C1=CC(c2c3ccccc3c(-c3cccc(-c4cccc5c4ccc4cc6ccccc6cc45)c3)c3ccccc23)=CCC1. The van der Waals surface area contributed by atoms with Gasteiger partial charge < -0.3 is 0 Å². The molecule has 0 spiro atoms. The van der Waals surface area contributed by atoms with Gasteiger partial charge >= 0.3 is 0 Å². The van der Waals surface area contributed by atoms with Crippen molar-refractivity contribution < 1.29 is 0 Å². The summed E-state index contributed by atoms with van der Waals surface area (Å²) in [6.07, 6.45) is 9.23. The minimum Gasteiger partial charge on any atom is -0.0836 e. The van der Waals surface area contributed by atoms with Crippen molar-refractivity contribution in [2.75, 3.05) is 0 Å². The highest BCUT2D eigenvalue weighted by Gasteiger charge is 2.18. The first-order valence-corrected chi connectivity index (χ1v) is 15.6. The standard InChI is InChI=1S/C44H30/c1-2-12-29(13-3-1)43-38-18-6-8-20-40(38)44(41-21-9-7-19-39(41)43)34-17-10-16-32(27-34)35-22-11-23-36-37(35)25-24-33-26-30-14-4-5-15-31(30)28-42(33)36/h2,4-28H,1,3H2. The van der Waals surface area contributed by atoms with E-state index in [0.717, 1.165) is 12.8 Å². The van der Waals surface area contributed by atoms with Gasteiger partial charge in [-0.05, 0) is 118 Å².